The van der Waals surface area contributed by atoms with Crippen LogP contribution in [0.25, 0.3) is 10.6 Å². The summed E-state index contributed by atoms with van der Waals surface area (Å²) in [6, 6.07) is 3.33. The first-order valence-corrected chi connectivity index (χ1v) is 10.4. The van der Waals surface area contributed by atoms with Gasteiger partial charge < -0.3 is 9.84 Å². The third-order valence-corrected chi connectivity index (χ3v) is 7.68. The van der Waals surface area contributed by atoms with E-state index in [0.717, 1.165) is 23.5 Å². The van der Waals surface area contributed by atoms with Crippen LogP contribution < -0.4 is 5.32 Å². The van der Waals surface area contributed by atoms with E-state index in [9.17, 15) is 26.4 Å². The zero-order valence-electron chi connectivity index (χ0n) is 14.4. The SMILES string of the molecule is C=CC(=O)NC1CCN(S(=O)(=O)c2ccc(-c3cc(C(F)(F)F)on3)s2)CC1. The van der Waals surface area contributed by atoms with Gasteiger partial charge in [0, 0.05) is 25.2 Å². The van der Waals surface area contributed by atoms with Gasteiger partial charge in [0.15, 0.2) is 0 Å². The van der Waals surface area contributed by atoms with Crippen LogP contribution in [-0.4, -0.2) is 42.9 Å². The van der Waals surface area contributed by atoms with Gasteiger partial charge in [-0.15, -0.1) is 11.3 Å². The highest BCUT2D eigenvalue weighted by Gasteiger charge is 2.37. The minimum absolute atomic E-state index is 0.00707. The highest BCUT2D eigenvalue weighted by atomic mass is 32.2. The Morgan fingerprint density at radius 3 is 2.61 bits per heavy atom. The Morgan fingerprint density at radius 1 is 1.36 bits per heavy atom. The molecule has 3 heterocycles. The van der Waals surface area contributed by atoms with Gasteiger partial charge in [-0.2, -0.15) is 17.5 Å². The molecule has 0 bridgehead atoms. The topological polar surface area (TPSA) is 92.5 Å². The maximum absolute atomic E-state index is 12.8. The smallest absolute Gasteiger partial charge is 0.351 e. The largest absolute Gasteiger partial charge is 0.452 e. The Morgan fingerprint density at radius 2 is 2.04 bits per heavy atom. The van der Waals surface area contributed by atoms with Crippen LogP contribution in [-0.2, 0) is 21.0 Å². The predicted octanol–water partition coefficient (Wildman–Crippen LogP) is 2.88. The standard InChI is InChI=1S/C16H16F3N3O4S2/c1-2-14(23)20-10-5-7-22(8-6-10)28(24,25)15-4-3-12(27-15)11-9-13(26-21-11)16(17,18)19/h2-4,9-10H,1,5-8H2,(H,20,23). The van der Waals surface area contributed by atoms with Gasteiger partial charge in [-0.05, 0) is 31.1 Å². The molecule has 1 amide bonds. The number of carbonyl (C=O) groups excluding carboxylic acids is 1. The minimum Gasteiger partial charge on any atom is -0.351 e. The Balaban J connectivity index is 1.71. The molecule has 2 aromatic rings. The number of nitrogens with one attached hydrogen (secondary N) is 1. The fraction of sp³-hybridized carbons (Fsp3) is 0.375. The number of nitrogens with zero attached hydrogens (tertiary/aromatic N) is 2. The molecule has 1 aliphatic rings. The lowest BCUT2D eigenvalue weighted by Crippen LogP contribution is -2.46. The van der Waals surface area contributed by atoms with E-state index in [4.69, 9.17) is 0 Å². The highest BCUT2D eigenvalue weighted by molar-refractivity contribution is 7.91. The van der Waals surface area contributed by atoms with Crippen molar-refractivity contribution < 1.29 is 30.9 Å². The quantitative estimate of drug-likeness (QED) is 0.729. The zero-order valence-corrected chi connectivity index (χ0v) is 16.0. The van der Waals surface area contributed by atoms with Gasteiger partial charge in [0.2, 0.25) is 11.7 Å². The van der Waals surface area contributed by atoms with E-state index in [-0.39, 0.29) is 39.8 Å². The van der Waals surface area contributed by atoms with Crippen molar-refractivity contribution in [3.8, 4) is 10.6 Å². The monoisotopic (exact) mass is 435 g/mol. The molecule has 0 saturated carbocycles. The maximum atomic E-state index is 12.8. The van der Waals surface area contributed by atoms with Gasteiger partial charge in [-0.3, -0.25) is 4.79 Å². The normalized spacial score (nSPS) is 16.8. The zero-order chi connectivity index (χ0) is 20.5. The molecule has 12 heteroatoms. The first-order chi connectivity index (χ1) is 13.1. The predicted molar refractivity (Wildman–Crippen MR) is 94.9 cm³/mol. The number of aromatic nitrogens is 1. The van der Waals surface area contributed by atoms with Crippen LogP contribution in [0.4, 0.5) is 13.2 Å². The number of hydrogen-bond acceptors (Lipinski definition) is 6. The third kappa shape index (κ3) is 4.28. The molecule has 1 aliphatic heterocycles. The number of amides is 1. The summed E-state index contributed by atoms with van der Waals surface area (Å²) in [4.78, 5) is 11.6. The van der Waals surface area contributed by atoms with Gasteiger partial charge in [-0.1, -0.05) is 11.7 Å². The summed E-state index contributed by atoms with van der Waals surface area (Å²) in [6.07, 6.45) is -2.60. The molecule has 0 atom stereocenters. The summed E-state index contributed by atoms with van der Waals surface area (Å²) in [5, 5.41) is 6.10. The second kappa shape index (κ2) is 7.68. The Bertz CT molecular complexity index is 973. The van der Waals surface area contributed by atoms with Crippen molar-refractivity contribution in [3.05, 3.63) is 36.6 Å². The van der Waals surface area contributed by atoms with E-state index in [0.29, 0.717) is 12.8 Å². The fourth-order valence-corrected chi connectivity index (χ4v) is 5.63. The fourth-order valence-electron chi connectivity index (χ4n) is 2.75. The van der Waals surface area contributed by atoms with Crippen LogP contribution in [0.3, 0.4) is 0 Å². The van der Waals surface area contributed by atoms with Crippen LogP contribution in [0.15, 0.2) is 39.6 Å². The maximum Gasteiger partial charge on any atom is 0.452 e. The van der Waals surface area contributed by atoms with Crippen molar-refractivity contribution in [2.45, 2.75) is 29.3 Å². The molecule has 0 radical (unpaired) electrons. The molecule has 7 nitrogen and oxygen atoms in total. The van der Waals surface area contributed by atoms with Crippen molar-refractivity contribution in [2.24, 2.45) is 0 Å². The van der Waals surface area contributed by atoms with Crippen molar-refractivity contribution in [1.29, 1.82) is 0 Å². The lowest BCUT2D eigenvalue weighted by Gasteiger charge is -2.31. The number of carbonyl (C=O) groups is 1. The number of piperidine rings is 1. The molecule has 1 fully saturated rings. The average Bonchev–Trinajstić information content (AvgIpc) is 3.31. The summed E-state index contributed by atoms with van der Waals surface area (Å²) in [7, 11) is -3.79. The first-order valence-electron chi connectivity index (χ1n) is 8.18. The second-order valence-corrected chi connectivity index (χ2v) is 9.33. The molecule has 0 spiro atoms. The van der Waals surface area contributed by atoms with E-state index < -0.39 is 22.0 Å². The lowest BCUT2D eigenvalue weighted by atomic mass is 10.1. The highest BCUT2D eigenvalue weighted by Crippen LogP contribution is 2.36. The molecular weight excluding hydrogens is 419 g/mol. The number of hydrogen-bond donors (Lipinski definition) is 1. The molecule has 1 saturated heterocycles. The molecule has 1 N–H and O–H groups in total. The molecule has 28 heavy (non-hydrogen) atoms. The summed E-state index contributed by atoms with van der Waals surface area (Å²) in [5.41, 5.74) is -0.0791. The van der Waals surface area contributed by atoms with Crippen molar-refractivity contribution in [3.63, 3.8) is 0 Å². The molecular formula is C16H16F3N3O4S2. The lowest BCUT2D eigenvalue weighted by molar-refractivity contribution is -0.155. The van der Waals surface area contributed by atoms with Crippen molar-refractivity contribution in [1.82, 2.24) is 14.8 Å². The average molecular weight is 435 g/mol. The molecule has 0 aromatic carbocycles. The summed E-state index contributed by atoms with van der Waals surface area (Å²) in [6.45, 7) is 3.82. The van der Waals surface area contributed by atoms with Crippen LogP contribution in [0.1, 0.15) is 18.6 Å². The van der Waals surface area contributed by atoms with Crippen molar-refractivity contribution in [2.75, 3.05) is 13.1 Å². The first kappa shape index (κ1) is 20.6. The molecule has 0 unspecified atom stereocenters. The van der Waals surface area contributed by atoms with Gasteiger partial charge >= 0.3 is 6.18 Å². The number of alkyl halides is 3. The molecule has 3 rings (SSSR count). The van der Waals surface area contributed by atoms with Crippen LogP contribution in [0.5, 0.6) is 0 Å². The van der Waals surface area contributed by atoms with Gasteiger partial charge in [0.1, 0.15) is 9.90 Å². The van der Waals surface area contributed by atoms with Crippen LogP contribution in [0.2, 0.25) is 0 Å². The second-order valence-electron chi connectivity index (χ2n) is 6.08. The molecule has 2 aromatic heterocycles. The third-order valence-electron chi connectivity index (χ3n) is 4.20. The van der Waals surface area contributed by atoms with Gasteiger partial charge in [0.25, 0.3) is 10.0 Å². The van der Waals surface area contributed by atoms with Gasteiger partial charge in [-0.25, -0.2) is 8.42 Å². The van der Waals surface area contributed by atoms with E-state index in [2.05, 4.69) is 21.6 Å². The summed E-state index contributed by atoms with van der Waals surface area (Å²) in [5.74, 6) is -1.56. The summed E-state index contributed by atoms with van der Waals surface area (Å²) < 4.78 is 69.0. The Kier molecular flexibility index (Phi) is 5.64. The van der Waals surface area contributed by atoms with Gasteiger partial charge in [0.05, 0.1) is 4.88 Å². The number of sulfonamides is 1. The van der Waals surface area contributed by atoms with Crippen LogP contribution >= 0.6 is 11.3 Å². The molecule has 0 aliphatic carbocycles. The number of rotatable bonds is 5. The summed E-state index contributed by atoms with van der Waals surface area (Å²) >= 11 is 0.823. The minimum atomic E-state index is -4.66. The van der Waals surface area contributed by atoms with Crippen molar-refractivity contribution >= 4 is 27.3 Å². The van der Waals surface area contributed by atoms with E-state index in [1.807, 2.05) is 0 Å². The van der Waals surface area contributed by atoms with E-state index >= 15 is 0 Å². The Hall–Kier alpha value is -2.18. The van der Waals surface area contributed by atoms with Crippen LogP contribution in [0, 0.1) is 0 Å². The van der Waals surface area contributed by atoms with E-state index in [1.54, 1.807) is 0 Å². The molecule has 152 valence electrons. The Labute approximate surface area is 162 Å². The van der Waals surface area contributed by atoms with E-state index in [1.165, 1.54) is 16.4 Å². The number of halogens is 3. The number of thiophene rings is 1.